The van der Waals surface area contributed by atoms with E-state index in [1.165, 1.54) is 19.2 Å². The molecule has 1 fully saturated rings. The first-order chi connectivity index (χ1) is 16.9. The number of halogens is 1. The predicted octanol–water partition coefficient (Wildman–Crippen LogP) is 2.91. The third-order valence-electron chi connectivity index (χ3n) is 5.93. The molecule has 0 saturated heterocycles. The molecule has 1 saturated carbocycles. The molecule has 1 amide bonds. The highest BCUT2D eigenvalue weighted by molar-refractivity contribution is 6.06. The molecular weight excluding hydrogens is 449 g/mol. The van der Waals surface area contributed by atoms with Gasteiger partial charge >= 0.3 is 5.97 Å². The molecule has 0 spiro atoms. The van der Waals surface area contributed by atoms with Gasteiger partial charge < -0.3 is 21.1 Å². The molecule has 0 bridgehead atoms. The van der Waals surface area contributed by atoms with Gasteiger partial charge in [-0.05, 0) is 61.4 Å². The van der Waals surface area contributed by atoms with Crippen LogP contribution in [0.25, 0.3) is 10.9 Å². The molecule has 4 rings (SSSR count). The van der Waals surface area contributed by atoms with Gasteiger partial charge in [-0.3, -0.25) is 9.78 Å². The third-order valence-corrected chi connectivity index (χ3v) is 5.93. The number of carbonyl (C=O) groups excluding carboxylic acids is 2. The SMILES string of the molecule is COC(=O)C#Cc1nc(C(=O)NCc2ccc(F)cc2)c(NC2CCC(N)CC2)c2ncccc12. The van der Waals surface area contributed by atoms with Crippen LogP contribution >= 0.6 is 0 Å². The van der Waals surface area contributed by atoms with Crippen molar-refractivity contribution in [1.29, 1.82) is 0 Å². The first-order valence-corrected chi connectivity index (χ1v) is 11.4. The number of fused-ring (bicyclic) bond motifs is 1. The fraction of sp³-hybridized carbons (Fsp3) is 0.308. The van der Waals surface area contributed by atoms with Crippen molar-refractivity contribution in [2.75, 3.05) is 12.4 Å². The summed E-state index contributed by atoms with van der Waals surface area (Å²) in [5.74, 6) is 3.57. The molecule has 2 aromatic heterocycles. The van der Waals surface area contributed by atoms with E-state index >= 15 is 0 Å². The van der Waals surface area contributed by atoms with Crippen LogP contribution in [0.1, 0.15) is 47.4 Å². The van der Waals surface area contributed by atoms with E-state index in [1.807, 2.05) is 0 Å². The molecule has 1 aliphatic rings. The van der Waals surface area contributed by atoms with Crippen LogP contribution in [0.3, 0.4) is 0 Å². The molecule has 0 unspecified atom stereocenters. The quantitative estimate of drug-likeness (QED) is 0.383. The lowest BCUT2D eigenvalue weighted by Crippen LogP contribution is -2.34. The summed E-state index contributed by atoms with van der Waals surface area (Å²) in [6.07, 6.45) is 5.10. The van der Waals surface area contributed by atoms with Gasteiger partial charge in [-0.2, -0.15) is 0 Å². The van der Waals surface area contributed by atoms with Crippen molar-refractivity contribution >= 4 is 28.5 Å². The van der Waals surface area contributed by atoms with E-state index in [0.717, 1.165) is 31.2 Å². The Kier molecular flexibility index (Phi) is 7.53. The second kappa shape index (κ2) is 10.9. The van der Waals surface area contributed by atoms with Gasteiger partial charge in [0.2, 0.25) is 0 Å². The van der Waals surface area contributed by atoms with Crippen LogP contribution in [0.5, 0.6) is 0 Å². The zero-order chi connectivity index (χ0) is 24.8. The second-order valence-electron chi connectivity index (χ2n) is 8.39. The molecule has 0 radical (unpaired) electrons. The van der Waals surface area contributed by atoms with Gasteiger partial charge in [-0.25, -0.2) is 14.2 Å². The zero-order valence-corrected chi connectivity index (χ0v) is 19.3. The summed E-state index contributed by atoms with van der Waals surface area (Å²) < 4.78 is 17.8. The molecule has 4 N–H and O–H groups in total. The highest BCUT2D eigenvalue weighted by Crippen LogP contribution is 2.30. The van der Waals surface area contributed by atoms with Crippen LogP contribution in [0.15, 0.2) is 42.6 Å². The van der Waals surface area contributed by atoms with Crippen LogP contribution < -0.4 is 16.4 Å². The molecule has 1 aliphatic carbocycles. The van der Waals surface area contributed by atoms with E-state index in [9.17, 15) is 14.0 Å². The number of nitrogens with zero attached hydrogens (tertiary/aromatic N) is 2. The first-order valence-electron chi connectivity index (χ1n) is 11.4. The summed E-state index contributed by atoms with van der Waals surface area (Å²) in [4.78, 5) is 34.0. The molecule has 0 atom stereocenters. The number of esters is 1. The minimum absolute atomic E-state index is 0.109. The molecule has 0 aliphatic heterocycles. The Balaban J connectivity index is 1.73. The van der Waals surface area contributed by atoms with Crippen LogP contribution in [0, 0.1) is 17.7 Å². The largest absolute Gasteiger partial charge is 0.459 e. The number of hydrogen-bond acceptors (Lipinski definition) is 7. The Hall–Kier alpha value is -4.03. The predicted molar refractivity (Wildman–Crippen MR) is 130 cm³/mol. The smallest absolute Gasteiger partial charge is 0.384 e. The number of methoxy groups -OCH3 is 1. The van der Waals surface area contributed by atoms with Crippen LogP contribution in [-0.4, -0.2) is 41.0 Å². The lowest BCUT2D eigenvalue weighted by molar-refractivity contribution is -0.133. The molecular formula is C26H26FN5O3. The Bertz CT molecular complexity index is 1290. The molecule has 2 heterocycles. The maximum absolute atomic E-state index is 13.3. The molecule has 180 valence electrons. The van der Waals surface area contributed by atoms with Crippen LogP contribution in [-0.2, 0) is 16.1 Å². The number of aromatic nitrogens is 2. The number of benzene rings is 1. The third kappa shape index (κ3) is 5.91. The van der Waals surface area contributed by atoms with Crippen molar-refractivity contribution < 1.29 is 18.7 Å². The van der Waals surface area contributed by atoms with E-state index in [4.69, 9.17) is 5.73 Å². The summed E-state index contributed by atoms with van der Waals surface area (Å²) in [5, 5.41) is 6.91. The zero-order valence-electron chi connectivity index (χ0n) is 19.3. The second-order valence-corrected chi connectivity index (χ2v) is 8.39. The number of nitrogens with two attached hydrogens (primary N) is 1. The average Bonchev–Trinajstić information content (AvgIpc) is 2.88. The van der Waals surface area contributed by atoms with Gasteiger partial charge in [0, 0.05) is 36.1 Å². The van der Waals surface area contributed by atoms with Crippen molar-refractivity contribution in [3.05, 3.63) is 65.4 Å². The maximum atomic E-state index is 13.3. The number of rotatable bonds is 5. The number of amides is 1. The number of anilines is 1. The highest BCUT2D eigenvalue weighted by Gasteiger charge is 2.24. The van der Waals surface area contributed by atoms with Gasteiger partial charge in [0.1, 0.15) is 11.5 Å². The summed E-state index contributed by atoms with van der Waals surface area (Å²) >= 11 is 0. The van der Waals surface area contributed by atoms with Crippen LogP contribution in [0.2, 0.25) is 0 Å². The van der Waals surface area contributed by atoms with Gasteiger partial charge in [0.15, 0.2) is 5.69 Å². The Labute approximate surface area is 202 Å². The molecule has 8 nitrogen and oxygen atoms in total. The van der Waals surface area contributed by atoms with Crippen molar-refractivity contribution in [2.24, 2.45) is 5.73 Å². The minimum Gasteiger partial charge on any atom is -0.459 e. The standard InChI is InChI=1S/C26H26FN5O3/c1-35-22(33)13-12-21-20-3-2-14-29-23(20)24(31-19-10-8-18(28)9-11-19)25(32-21)26(34)30-15-16-4-6-17(27)7-5-16/h2-7,14,18-19,31H,8-11,15,28H2,1H3,(H,30,34). The summed E-state index contributed by atoms with van der Waals surface area (Å²) in [6, 6.07) is 9.69. The topological polar surface area (TPSA) is 119 Å². The van der Waals surface area contributed by atoms with Crippen molar-refractivity contribution in [3.63, 3.8) is 0 Å². The molecule has 35 heavy (non-hydrogen) atoms. The fourth-order valence-corrected chi connectivity index (χ4v) is 4.03. The van der Waals surface area contributed by atoms with E-state index < -0.39 is 11.9 Å². The van der Waals surface area contributed by atoms with Crippen molar-refractivity contribution in [1.82, 2.24) is 15.3 Å². The van der Waals surface area contributed by atoms with E-state index in [0.29, 0.717) is 16.6 Å². The lowest BCUT2D eigenvalue weighted by atomic mass is 9.91. The van der Waals surface area contributed by atoms with Gasteiger partial charge in [0.05, 0.1) is 18.3 Å². The number of ether oxygens (including phenoxy) is 1. The van der Waals surface area contributed by atoms with Crippen LogP contribution in [0.4, 0.5) is 10.1 Å². The molecule has 9 heteroatoms. The lowest BCUT2D eigenvalue weighted by Gasteiger charge is -2.28. The van der Waals surface area contributed by atoms with Gasteiger partial charge in [-0.1, -0.05) is 12.1 Å². The highest BCUT2D eigenvalue weighted by atomic mass is 19.1. The summed E-state index contributed by atoms with van der Waals surface area (Å²) in [6.45, 7) is 0.182. The summed E-state index contributed by atoms with van der Waals surface area (Å²) in [5.41, 5.74) is 8.17. The maximum Gasteiger partial charge on any atom is 0.384 e. The normalized spacial score (nSPS) is 17.2. The number of pyridine rings is 2. The summed E-state index contributed by atoms with van der Waals surface area (Å²) in [7, 11) is 1.24. The fourth-order valence-electron chi connectivity index (χ4n) is 4.03. The van der Waals surface area contributed by atoms with Gasteiger partial charge in [-0.15, -0.1) is 0 Å². The van der Waals surface area contributed by atoms with Crippen molar-refractivity contribution in [2.45, 2.75) is 44.3 Å². The number of carbonyl (C=O) groups is 2. The monoisotopic (exact) mass is 475 g/mol. The Morgan fingerprint density at radius 2 is 1.91 bits per heavy atom. The minimum atomic E-state index is -0.716. The Morgan fingerprint density at radius 3 is 2.63 bits per heavy atom. The molecule has 1 aromatic carbocycles. The first kappa shape index (κ1) is 24.1. The van der Waals surface area contributed by atoms with Crippen molar-refractivity contribution in [3.8, 4) is 11.8 Å². The van der Waals surface area contributed by atoms with Gasteiger partial charge in [0.25, 0.3) is 5.91 Å². The average molecular weight is 476 g/mol. The molecule has 3 aromatic rings. The van der Waals surface area contributed by atoms with E-state index in [1.54, 1.807) is 30.5 Å². The number of nitrogens with one attached hydrogen (secondary N) is 2. The Morgan fingerprint density at radius 1 is 1.17 bits per heavy atom. The van der Waals surface area contributed by atoms with E-state index in [-0.39, 0.29) is 35.8 Å². The number of hydrogen-bond donors (Lipinski definition) is 3. The van der Waals surface area contributed by atoms with E-state index in [2.05, 4.69) is 37.2 Å².